The van der Waals surface area contributed by atoms with Crippen LogP contribution in [0.25, 0.3) is 11.0 Å². The first kappa shape index (κ1) is 22.6. The van der Waals surface area contributed by atoms with E-state index in [-0.39, 0.29) is 5.92 Å². The molecule has 7 nitrogen and oxygen atoms in total. The number of allylic oxidation sites excluding steroid dienone is 1. The quantitative estimate of drug-likeness (QED) is 0.381. The lowest BCUT2D eigenvalue weighted by Crippen LogP contribution is -2.47. The van der Waals surface area contributed by atoms with E-state index in [0.29, 0.717) is 34.3 Å². The van der Waals surface area contributed by atoms with Gasteiger partial charge in [-0.05, 0) is 52.3 Å². The Balaban J connectivity index is 2.09. The van der Waals surface area contributed by atoms with Crippen molar-refractivity contribution < 1.29 is 28.2 Å². The summed E-state index contributed by atoms with van der Waals surface area (Å²) >= 11 is 0. The molecule has 2 heterocycles. The Morgan fingerprint density at radius 3 is 2.55 bits per heavy atom. The maximum atomic E-state index is 12.7. The number of carbonyl (C=O) groups is 2. The van der Waals surface area contributed by atoms with Crippen molar-refractivity contribution >= 4 is 22.9 Å². The van der Waals surface area contributed by atoms with Crippen LogP contribution < -0.4 is 10.4 Å². The van der Waals surface area contributed by atoms with Gasteiger partial charge in [0, 0.05) is 17.0 Å². The first-order valence-electron chi connectivity index (χ1n) is 10.4. The minimum Gasteiger partial charge on any atom is -0.481 e. The molecule has 0 radical (unpaired) electrons. The van der Waals surface area contributed by atoms with E-state index in [1.165, 1.54) is 6.07 Å². The number of hydrogen-bond acceptors (Lipinski definition) is 7. The average molecular weight is 428 g/mol. The smallest absolute Gasteiger partial charge is 0.336 e. The third-order valence-electron chi connectivity index (χ3n) is 5.66. The van der Waals surface area contributed by atoms with Gasteiger partial charge in [0.2, 0.25) is 0 Å². The summed E-state index contributed by atoms with van der Waals surface area (Å²) in [7, 11) is 0. The summed E-state index contributed by atoms with van der Waals surface area (Å²) < 4.78 is 23.2. The average Bonchev–Trinajstić information content (AvgIpc) is 3.11. The highest BCUT2D eigenvalue weighted by Gasteiger charge is 2.50. The predicted octanol–water partition coefficient (Wildman–Crippen LogP) is 4.47. The van der Waals surface area contributed by atoms with Crippen molar-refractivity contribution in [2.24, 2.45) is 5.92 Å². The predicted molar refractivity (Wildman–Crippen MR) is 115 cm³/mol. The fourth-order valence-corrected chi connectivity index (χ4v) is 3.39. The van der Waals surface area contributed by atoms with E-state index in [1.54, 1.807) is 58.9 Å². The lowest BCUT2D eigenvalue weighted by atomic mass is 9.92. The molecule has 0 fully saturated rings. The second kappa shape index (κ2) is 8.57. The number of fused-ring (bicyclic) bond motifs is 3. The van der Waals surface area contributed by atoms with Gasteiger partial charge in [-0.3, -0.25) is 4.79 Å². The van der Waals surface area contributed by atoms with Crippen LogP contribution in [-0.2, 0) is 19.1 Å². The molecule has 0 amide bonds. The van der Waals surface area contributed by atoms with Crippen LogP contribution in [0.1, 0.15) is 59.6 Å². The lowest BCUT2D eigenvalue weighted by Gasteiger charge is -2.34. The summed E-state index contributed by atoms with van der Waals surface area (Å²) in [5, 5.41) is 0.673. The molecule has 1 aromatic carbocycles. The second-order valence-electron chi connectivity index (χ2n) is 8.32. The zero-order valence-electron chi connectivity index (χ0n) is 18.7. The first-order chi connectivity index (χ1) is 14.6. The molecule has 0 spiro atoms. The van der Waals surface area contributed by atoms with E-state index in [9.17, 15) is 14.4 Å². The highest BCUT2D eigenvalue weighted by molar-refractivity contribution is 5.88. The van der Waals surface area contributed by atoms with Gasteiger partial charge < -0.3 is 18.6 Å². The first-order valence-corrected chi connectivity index (χ1v) is 10.4. The molecule has 0 N–H and O–H groups in total. The molecule has 1 aromatic heterocycles. The summed E-state index contributed by atoms with van der Waals surface area (Å²) in [5.41, 5.74) is -0.466. The summed E-state index contributed by atoms with van der Waals surface area (Å²) in [5.74, 6) is -0.810. The molecular weight excluding hydrogens is 400 g/mol. The molecule has 166 valence electrons. The summed E-state index contributed by atoms with van der Waals surface area (Å²) in [6.07, 6.45) is 0.512. The van der Waals surface area contributed by atoms with Crippen molar-refractivity contribution in [3.05, 3.63) is 51.9 Å². The van der Waals surface area contributed by atoms with E-state index >= 15 is 0 Å². The van der Waals surface area contributed by atoms with Gasteiger partial charge in [-0.2, -0.15) is 0 Å². The number of ether oxygens (including phenoxy) is 3. The summed E-state index contributed by atoms with van der Waals surface area (Å²) in [6.45, 7) is 10.5. The summed E-state index contributed by atoms with van der Waals surface area (Å²) in [4.78, 5) is 37.1. The van der Waals surface area contributed by atoms with Crippen LogP contribution in [0.15, 0.2) is 45.1 Å². The Morgan fingerprint density at radius 1 is 1.23 bits per heavy atom. The highest BCUT2D eigenvalue weighted by atomic mass is 16.6. The largest absolute Gasteiger partial charge is 0.481 e. The number of carbonyl (C=O) groups excluding carboxylic acids is 2. The van der Waals surface area contributed by atoms with Crippen LogP contribution in [-0.4, -0.2) is 23.6 Å². The molecule has 7 heteroatoms. The van der Waals surface area contributed by atoms with Gasteiger partial charge in [0.1, 0.15) is 16.9 Å². The van der Waals surface area contributed by atoms with Gasteiger partial charge in [-0.25, -0.2) is 9.59 Å². The Morgan fingerprint density at radius 2 is 1.90 bits per heavy atom. The van der Waals surface area contributed by atoms with Gasteiger partial charge in [0.15, 0.2) is 12.2 Å². The van der Waals surface area contributed by atoms with Crippen molar-refractivity contribution in [1.29, 1.82) is 0 Å². The molecule has 0 aliphatic carbocycles. The third kappa shape index (κ3) is 4.36. The number of rotatable bonds is 6. The number of benzene rings is 1. The molecule has 0 bridgehead atoms. The SMILES string of the molecule is C/C=C(/C)C(=O)OC(C)(C)C1Oc2ccc3ccc(=O)oc3c2C1OC(=O)C(C)CC. The topological polar surface area (TPSA) is 92.0 Å². The van der Waals surface area contributed by atoms with Crippen molar-refractivity contribution in [2.45, 2.75) is 65.8 Å². The van der Waals surface area contributed by atoms with Crippen LogP contribution in [0.3, 0.4) is 0 Å². The molecule has 3 rings (SSSR count). The highest BCUT2D eigenvalue weighted by Crippen LogP contribution is 2.47. The van der Waals surface area contributed by atoms with Crippen LogP contribution in [0.2, 0.25) is 0 Å². The molecule has 3 atom stereocenters. The molecule has 0 saturated heterocycles. The summed E-state index contributed by atoms with van der Waals surface area (Å²) in [6, 6.07) is 6.46. The Hall–Kier alpha value is -3.09. The molecule has 0 saturated carbocycles. The minimum atomic E-state index is -1.15. The fourth-order valence-electron chi connectivity index (χ4n) is 3.39. The van der Waals surface area contributed by atoms with Gasteiger partial charge in [-0.1, -0.05) is 19.9 Å². The Bertz CT molecular complexity index is 1090. The maximum absolute atomic E-state index is 12.7. The number of esters is 2. The van der Waals surface area contributed by atoms with Crippen LogP contribution in [0.5, 0.6) is 5.75 Å². The van der Waals surface area contributed by atoms with Crippen molar-refractivity contribution in [2.75, 3.05) is 0 Å². The maximum Gasteiger partial charge on any atom is 0.336 e. The van der Waals surface area contributed by atoms with Gasteiger partial charge in [-0.15, -0.1) is 0 Å². The molecule has 3 unspecified atom stereocenters. The lowest BCUT2D eigenvalue weighted by molar-refractivity contribution is -0.176. The standard InChI is InChI=1S/C24H28O7/c1-7-13(3)22(26)30-20-18-16(11-9-15-10-12-17(25)29-19(15)18)28-21(20)24(5,6)31-23(27)14(4)8-2/h8-13,20-21H,7H2,1-6H3/b14-8-. The molecule has 1 aliphatic rings. The molecule has 1 aliphatic heterocycles. The van der Waals surface area contributed by atoms with E-state index in [2.05, 4.69) is 0 Å². The van der Waals surface area contributed by atoms with Gasteiger partial charge >= 0.3 is 17.6 Å². The van der Waals surface area contributed by atoms with Crippen LogP contribution in [0.4, 0.5) is 0 Å². The molecule has 31 heavy (non-hydrogen) atoms. The van der Waals surface area contributed by atoms with E-state index in [4.69, 9.17) is 18.6 Å². The van der Waals surface area contributed by atoms with Crippen LogP contribution in [0, 0.1) is 5.92 Å². The minimum absolute atomic E-state index is 0.293. The number of hydrogen-bond donors (Lipinski definition) is 0. The van der Waals surface area contributed by atoms with Crippen molar-refractivity contribution in [3.8, 4) is 5.75 Å². The third-order valence-corrected chi connectivity index (χ3v) is 5.66. The van der Waals surface area contributed by atoms with Crippen LogP contribution >= 0.6 is 0 Å². The zero-order valence-corrected chi connectivity index (χ0v) is 18.7. The van der Waals surface area contributed by atoms with Gasteiger partial charge in [0.05, 0.1) is 11.5 Å². The zero-order chi connectivity index (χ0) is 22.9. The Kier molecular flexibility index (Phi) is 6.25. The van der Waals surface area contributed by atoms with Gasteiger partial charge in [0.25, 0.3) is 0 Å². The van der Waals surface area contributed by atoms with E-state index in [0.717, 1.165) is 0 Å². The molecular formula is C24H28O7. The monoisotopic (exact) mass is 428 g/mol. The van der Waals surface area contributed by atoms with E-state index < -0.39 is 35.4 Å². The normalized spacial score (nSPS) is 19.5. The second-order valence-corrected chi connectivity index (χ2v) is 8.32. The fraction of sp³-hybridized carbons (Fsp3) is 0.458. The van der Waals surface area contributed by atoms with Crippen molar-refractivity contribution in [3.63, 3.8) is 0 Å². The van der Waals surface area contributed by atoms with E-state index in [1.807, 2.05) is 6.92 Å². The van der Waals surface area contributed by atoms with Crippen molar-refractivity contribution in [1.82, 2.24) is 0 Å². The Labute approximate surface area is 181 Å². The molecule has 2 aromatic rings.